The van der Waals surface area contributed by atoms with Crippen molar-refractivity contribution in [1.29, 1.82) is 0 Å². The van der Waals surface area contributed by atoms with Crippen LogP contribution in [0.15, 0.2) is 34.7 Å². The van der Waals surface area contributed by atoms with Crippen molar-refractivity contribution in [2.45, 2.75) is 33.3 Å². The lowest BCUT2D eigenvalue weighted by molar-refractivity contribution is 0.0921. The van der Waals surface area contributed by atoms with Crippen LogP contribution in [0.5, 0.6) is 5.75 Å². The lowest BCUT2D eigenvalue weighted by Crippen LogP contribution is -2.30. The molecule has 112 valence electrons. The van der Waals surface area contributed by atoms with Crippen molar-refractivity contribution >= 4 is 5.91 Å². The average molecular weight is 288 g/mol. The standard InChI is InChI=1S/C16H20N2O3/c1-10(2)13-6-4-5-7-14(13)20-9-12-8-11(3)15(21-12)16(19)18-17/h4-8,10H,9,17H2,1-3H3,(H,18,19). The van der Waals surface area contributed by atoms with E-state index in [1.807, 2.05) is 24.3 Å². The van der Waals surface area contributed by atoms with Crippen LogP contribution < -0.4 is 16.0 Å². The summed E-state index contributed by atoms with van der Waals surface area (Å²) in [6, 6.07) is 9.67. The molecule has 0 unspecified atom stereocenters. The Morgan fingerprint density at radius 1 is 1.38 bits per heavy atom. The molecule has 0 fully saturated rings. The average Bonchev–Trinajstić information content (AvgIpc) is 2.85. The zero-order valence-corrected chi connectivity index (χ0v) is 12.5. The normalized spacial score (nSPS) is 10.7. The number of nitrogens with two attached hydrogens (primary N) is 1. The highest BCUT2D eigenvalue weighted by atomic mass is 16.5. The van der Waals surface area contributed by atoms with Gasteiger partial charge in [0.1, 0.15) is 18.1 Å². The fourth-order valence-electron chi connectivity index (χ4n) is 2.15. The predicted octanol–water partition coefficient (Wildman–Crippen LogP) is 2.89. The minimum atomic E-state index is -0.443. The molecule has 0 spiro atoms. The molecule has 1 aromatic heterocycles. The van der Waals surface area contributed by atoms with Crippen LogP contribution in [0.25, 0.3) is 0 Å². The number of aryl methyl sites for hydroxylation is 1. The van der Waals surface area contributed by atoms with E-state index in [0.717, 1.165) is 16.9 Å². The molecule has 0 aliphatic carbocycles. The number of carbonyl (C=O) groups excluding carboxylic acids is 1. The molecule has 5 nitrogen and oxygen atoms in total. The number of benzene rings is 1. The molecule has 0 saturated carbocycles. The minimum absolute atomic E-state index is 0.216. The fraction of sp³-hybridized carbons (Fsp3) is 0.312. The maximum absolute atomic E-state index is 11.5. The van der Waals surface area contributed by atoms with Gasteiger partial charge in [0.25, 0.3) is 0 Å². The number of hydrogen-bond acceptors (Lipinski definition) is 4. The number of hydrazine groups is 1. The second kappa shape index (κ2) is 6.45. The molecule has 1 heterocycles. The van der Waals surface area contributed by atoms with Gasteiger partial charge in [-0.15, -0.1) is 0 Å². The second-order valence-corrected chi connectivity index (χ2v) is 5.18. The van der Waals surface area contributed by atoms with Crippen LogP contribution in [0.2, 0.25) is 0 Å². The number of ether oxygens (including phenoxy) is 1. The van der Waals surface area contributed by atoms with Gasteiger partial charge in [0.15, 0.2) is 5.76 Å². The zero-order valence-electron chi connectivity index (χ0n) is 12.5. The van der Waals surface area contributed by atoms with Gasteiger partial charge in [0.05, 0.1) is 0 Å². The molecular weight excluding hydrogens is 268 g/mol. The van der Waals surface area contributed by atoms with Gasteiger partial charge in [-0.3, -0.25) is 10.2 Å². The molecule has 21 heavy (non-hydrogen) atoms. The zero-order chi connectivity index (χ0) is 15.4. The van der Waals surface area contributed by atoms with Gasteiger partial charge in [-0.2, -0.15) is 0 Å². The van der Waals surface area contributed by atoms with Crippen molar-refractivity contribution in [3.8, 4) is 5.75 Å². The van der Waals surface area contributed by atoms with E-state index in [1.165, 1.54) is 0 Å². The quantitative estimate of drug-likeness (QED) is 0.504. The summed E-state index contributed by atoms with van der Waals surface area (Å²) >= 11 is 0. The Kier molecular flexibility index (Phi) is 4.65. The Morgan fingerprint density at radius 2 is 2.10 bits per heavy atom. The summed E-state index contributed by atoms with van der Waals surface area (Å²) < 4.78 is 11.3. The fourth-order valence-corrected chi connectivity index (χ4v) is 2.15. The first-order valence-electron chi connectivity index (χ1n) is 6.85. The number of carbonyl (C=O) groups is 1. The third-order valence-corrected chi connectivity index (χ3v) is 3.22. The summed E-state index contributed by atoms with van der Waals surface area (Å²) in [5.74, 6) is 6.67. The molecule has 0 aliphatic heterocycles. The summed E-state index contributed by atoms with van der Waals surface area (Å²) in [5.41, 5.74) is 3.93. The first-order chi connectivity index (χ1) is 10.0. The van der Waals surface area contributed by atoms with E-state index in [4.69, 9.17) is 15.0 Å². The Labute approximate surface area is 124 Å². The molecule has 2 rings (SSSR count). The van der Waals surface area contributed by atoms with Gasteiger partial charge < -0.3 is 9.15 Å². The van der Waals surface area contributed by atoms with Gasteiger partial charge in [-0.25, -0.2) is 5.84 Å². The third-order valence-electron chi connectivity index (χ3n) is 3.22. The molecule has 0 atom stereocenters. The molecule has 1 aromatic carbocycles. The predicted molar refractivity (Wildman–Crippen MR) is 80.0 cm³/mol. The number of amides is 1. The van der Waals surface area contributed by atoms with Crippen molar-refractivity contribution in [1.82, 2.24) is 5.43 Å². The number of hydrogen-bond donors (Lipinski definition) is 2. The number of para-hydroxylation sites is 1. The Hall–Kier alpha value is -2.27. The van der Waals surface area contributed by atoms with Crippen LogP contribution in [-0.4, -0.2) is 5.91 Å². The van der Waals surface area contributed by atoms with Crippen molar-refractivity contribution in [2.24, 2.45) is 5.84 Å². The lowest BCUT2D eigenvalue weighted by Gasteiger charge is -2.12. The maximum atomic E-state index is 11.5. The van der Waals surface area contributed by atoms with Gasteiger partial charge in [-0.05, 0) is 30.5 Å². The van der Waals surface area contributed by atoms with Crippen LogP contribution in [-0.2, 0) is 6.61 Å². The van der Waals surface area contributed by atoms with Gasteiger partial charge >= 0.3 is 5.91 Å². The molecule has 0 aliphatic rings. The topological polar surface area (TPSA) is 77.5 Å². The molecule has 0 bridgehead atoms. The second-order valence-electron chi connectivity index (χ2n) is 5.18. The number of nitrogens with one attached hydrogen (secondary N) is 1. The monoisotopic (exact) mass is 288 g/mol. The number of rotatable bonds is 5. The molecule has 2 aromatic rings. The van der Waals surface area contributed by atoms with E-state index < -0.39 is 5.91 Å². The van der Waals surface area contributed by atoms with Crippen LogP contribution in [0.1, 0.15) is 47.2 Å². The number of furan rings is 1. The summed E-state index contributed by atoms with van der Waals surface area (Å²) in [6.07, 6.45) is 0. The van der Waals surface area contributed by atoms with E-state index in [9.17, 15) is 4.79 Å². The highest BCUT2D eigenvalue weighted by molar-refractivity contribution is 5.92. The highest BCUT2D eigenvalue weighted by Crippen LogP contribution is 2.27. The van der Waals surface area contributed by atoms with Crippen LogP contribution >= 0.6 is 0 Å². The SMILES string of the molecule is Cc1cc(COc2ccccc2C(C)C)oc1C(=O)NN. The molecule has 5 heteroatoms. The Bertz CT molecular complexity index is 632. The summed E-state index contributed by atoms with van der Waals surface area (Å²) in [5, 5.41) is 0. The van der Waals surface area contributed by atoms with Crippen molar-refractivity contribution in [3.05, 3.63) is 53.0 Å². The third kappa shape index (κ3) is 3.44. The molecule has 1 amide bonds. The summed E-state index contributed by atoms with van der Waals surface area (Å²) in [4.78, 5) is 11.5. The van der Waals surface area contributed by atoms with Crippen molar-refractivity contribution in [2.75, 3.05) is 0 Å². The maximum Gasteiger partial charge on any atom is 0.301 e. The lowest BCUT2D eigenvalue weighted by atomic mass is 10.0. The highest BCUT2D eigenvalue weighted by Gasteiger charge is 2.15. The first kappa shape index (κ1) is 15.1. The smallest absolute Gasteiger partial charge is 0.301 e. The Balaban J connectivity index is 2.12. The van der Waals surface area contributed by atoms with E-state index in [-0.39, 0.29) is 12.4 Å². The van der Waals surface area contributed by atoms with Gasteiger partial charge in [0.2, 0.25) is 0 Å². The molecule has 0 radical (unpaired) electrons. The minimum Gasteiger partial charge on any atom is -0.485 e. The van der Waals surface area contributed by atoms with Crippen molar-refractivity contribution < 1.29 is 13.9 Å². The van der Waals surface area contributed by atoms with Gasteiger partial charge in [0, 0.05) is 5.56 Å². The largest absolute Gasteiger partial charge is 0.485 e. The number of nitrogen functional groups attached to an aromatic ring is 1. The van der Waals surface area contributed by atoms with E-state index in [0.29, 0.717) is 11.7 Å². The van der Waals surface area contributed by atoms with Crippen LogP contribution in [0.4, 0.5) is 0 Å². The Morgan fingerprint density at radius 3 is 2.76 bits per heavy atom. The van der Waals surface area contributed by atoms with E-state index in [1.54, 1.807) is 13.0 Å². The summed E-state index contributed by atoms with van der Waals surface area (Å²) in [6.45, 7) is 6.29. The van der Waals surface area contributed by atoms with E-state index >= 15 is 0 Å². The van der Waals surface area contributed by atoms with Crippen LogP contribution in [0, 0.1) is 6.92 Å². The first-order valence-corrected chi connectivity index (χ1v) is 6.85. The molecular formula is C16H20N2O3. The van der Waals surface area contributed by atoms with Gasteiger partial charge in [-0.1, -0.05) is 32.0 Å². The van der Waals surface area contributed by atoms with Crippen molar-refractivity contribution in [3.63, 3.8) is 0 Å². The van der Waals surface area contributed by atoms with Crippen LogP contribution in [0.3, 0.4) is 0 Å². The molecule has 0 saturated heterocycles. The summed E-state index contributed by atoms with van der Waals surface area (Å²) in [7, 11) is 0. The van der Waals surface area contributed by atoms with E-state index in [2.05, 4.69) is 19.3 Å². The molecule has 3 N–H and O–H groups in total.